The van der Waals surface area contributed by atoms with E-state index in [-0.39, 0.29) is 50.1 Å². The highest BCUT2D eigenvalue weighted by molar-refractivity contribution is 6.01. The lowest BCUT2D eigenvalue weighted by Gasteiger charge is -2.43. The Balaban J connectivity index is 1.19. The lowest BCUT2D eigenvalue weighted by molar-refractivity contribution is -0.171. The number of hydrogen-bond acceptors (Lipinski definition) is 16. The van der Waals surface area contributed by atoms with Crippen LogP contribution < -0.4 is 14.5 Å². The Morgan fingerprint density at radius 3 is 1.37 bits per heavy atom. The minimum atomic E-state index is -1.19. The van der Waals surface area contributed by atoms with Gasteiger partial charge in [0.05, 0.1) is 31.0 Å². The molecule has 17 nitrogen and oxygen atoms in total. The second-order valence-corrected chi connectivity index (χ2v) is 23.4. The Kier molecular flexibility index (Phi) is 19.3. The average molecular weight is 1080 g/mol. The largest absolute Gasteiger partial charge is 0.459 e. The summed E-state index contributed by atoms with van der Waals surface area (Å²) in [5, 5.41) is 1.55. The summed E-state index contributed by atoms with van der Waals surface area (Å²) in [6.45, 7) is 33.1. The molecule has 3 aliphatic heterocycles. The molecule has 424 valence electrons. The first-order valence-electron chi connectivity index (χ1n) is 28.0. The highest BCUT2D eigenvalue weighted by Gasteiger charge is 2.58. The Morgan fingerprint density at radius 2 is 0.949 bits per heavy atom. The average Bonchev–Trinajstić information content (AvgIpc) is 2.75. The minimum Gasteiger partial charge on any atom is -0.459 e. The molecule has 0 bridgehead atoms. The van der Waals surface area contributed by atoms with Gasteiger partial charge < -0.3 is 28.7 Å². The van der Waals surface area contributed by atoms with Crippen molar-refractivity contribution in [1.29, 1.82) is 0 Å². The van der Waals surface area contributed by atoms with Crippen molar-refractivity contribution in [1.82, 2.24) is 29.6 Å². The number of fused-ring (bicyclic) bond motifs is 6. The molecule has 4 heterocycles. The van der Waals surface area contributed by atoms with Gasteiger partial charge in [-0.05, 0) is 120 Å². The first-order valence-corrected chi connectivity index (χ1v) is 28.0. The Bertz CT molecular complexity index is 2610. The molecule has 4 aromatic rings. The van der Waals surface area contributed by atoms with Crippen molar-refractivity contribution < 1.29 is 43.0 Å². The third-order valence-corrected chi connectivity index (χ3v) is 14.1. The second-order valence-electron chi connectivity index (χ2n) is 23.4. The van der Waals surface area contributed by atoms with Crippen LogP contribution in [-0.4, -0.2) is 168 Å². The van der Waals surface area contributed by atoms with E-state index in [0.29, 0.717) is 81.7 Å². The molecule has 17 heteroatoms. The van der Waals surface area contributed by atoms with Crippen LogP contribution in [0.1, 0.15) is 128 Å². The van der Waals surface area contributed by atoms with Gasteiger partial charge in [-0.1, -0.05) is 36.4 Å². The number of benzene rings is 3. The standard InChI is InChI=1S/C61H86N8O9/c1-14-67(15-2)46-25-27-50-52(37-46)75-53-38-47(68(16-3)17-4)26-28-51(53)61(50)49-24-19-18-23-48(49)57(73)69(61)74-43-45-22-20-21-44(62-45)39-63-29-31-64(40-54(70)76-58(5,6)7)33-35-66(42-56(72)78-60(11,12)13)36-34-65(32-30-63)41-55(71)77-59(8,9)10/h18-28,37-38H,14-17,29-36,39-43H2,1-13H3. The first-order chi connectivity index (χ1) is 36.9. The zero-order valence-electron chi connectivity index (χ0n) is 48.8. The van der Waals surface area contributed by atoms with Gasteiger partial charge in [-0.15, -0.1) is 0 Å². The quantitative estimate of drug-likeness (QED) is 0.0734. The third kappa shape index (κ3) is 15.0. The van der Waals surface area contributed by atoms with Crippen LogP contribution in [0.5, 0.6) is 11.5 Å². The molecule has 0 aliphatic carbocycles. The van der Waals surface area contributed by atoms with Crippen molar-refractivity contribution in [2.24, 2.45) is 0 Å². The van der Waals surface area contributed by atoms with Gasteiger partial charge in [0, 0.05) is 131 Å². The number of aromatic nitrogens is 1. The first kappa shape index (κ1) is 59.5. The number of rotatable bonds is 17. The summed E-state index contributed by atoms with van der Waals surface area (Å²) in [5.41, 5.74) is 3.24. The molecule has 7 rings (SSSR count). The van der Waals surface area contributed by atoms with Crippen molar-refractivity contribution >= 4 is 35.2 Å². The fourth-order valence-corrected chi connectivity index (χ4v) is 10.6. The van der Waals surface area contributed by atoms with Crippen LogP contribution in [0, 0.1) is 0 Å². The fourth-order valence-electron chi connectivity index (χ4n) is 10.6. The highest BCUT2D eigenvalue weighted by Crippen LogP contribution is 2.58. The van der Waals surface area contributed by atoms with Crippen molar-refractivity contribution in [3.8, 4) is 11.5 Å². The van der Waals surface area contributed by atoms with Gasteiger partial charge in [-0.3, -0.25) is 48.6 Å². The number of esters is 3. The lowest BCUT2D eigenvalue weighted by atomic mass is 9.75. The smallest absolute Gasteiger partial charge is 0.320 e. The van der Waals surface area contributed by atoms with Crippen LogP contribution in [-0.2, 0) is 52.1 Å². The summed E-state index contributed by atoms with van der Waals surface area (Å²) < 4.78 is 24.2. The minimum absolute atomic E-state index is 0.0109. The summed E-state index contributed by atoms with van der Waals surface area (Å²) in [6.07, 6.45) is 0. The van der Waals surface area contributed by atoms with Crippen LogP contribution in [0.4, 0.5) is 11.4 Å². The van der Waals surface area contributed by atoms with Gasteiger partial charge in [-0.2, -0.15) is 5.06 Å². The SMILES string of the molecule is CCN(CC)c1ccc2c(c1)Oc1cc(N(CC)CC)ccc1C21c2ccccc2C(=O)N1OCc1cccc(CN2CCN(CC(=O)OC(C)(C)C)CCN(CC(=O)OC(C)(C)C)CCN(CC(=O)OC(C)(C)C)CC2)n1. The van der Waals surface area contributed by atoms with Gasteiger partial charge in [0.1, 0.15) is 34.9 Å². The number of hydrogen-bond donors (Lipinski definition) is 0. The topological polar surface area (TPSA) is 150 Å². The number of anilines is 2. The van der Waals surface area contributed by atoms with Crippen LogP contribution in [0.3, 0.4) is 0 Å². The predicted molar refractivity (Wildman–Crippen MR) is 304 cm³/mol. The number of hydroxylamine groups is 2. The molecule has 0 saturated carbocycles. The molecule has 3 aliphatic rings. The van der Waals surface area contributed by atoms with Crippen LogP contribution in [0.25, 0.3) is 0 Å². The molecular formula is C61H86N8O9. The van der Waals surface area contributed by atoms with Crippen molar-refractivity contribution in [2.45, 2.75) is 126 Å². The molecule has 0 atom stereocenters. The zero-order valence-corrected chi connectivity index (χ0v) is 48.8. The number of pyridine rings is 1. The van der Waals surface area contributed by atoms with E-state index in [9.17, 15) is 14.4 Å². The maximum absolute atomic E-state index is 15.0. The Morgan fingerprint density at radius 1 is 0.538 bits per heavy atom. The summed E-state index contributed by atoms with van der Waals surface area (Å²) in [7, 11) is 0. The highest BCUT2D eigenvalue weighted by atomic mass is 16.7. The molecule has 1 aromatic heterocycles. The molecule has 0 radical (unpaired) electrons. The molecule has 1 spiro atoms. The van der Waals surface area contributed by atoms with Crippen LogP contribution >= 0.6 is 0 Å². The van der Waals surface area contributed by atoms with E-state index in [0.717, 1.165) is 59.9 Å². The number of nitrogens with zero attached hydrogens (tertiary/aromatic N) is 8. The monoisotopic (exact) mass is 1070 g/mol. The summed E-state index contributed by atoms with van der Waals surface area (Å²) in [4.78, 5) is 80.0. The fraction of sp³-hybridized carbons (Fsp3) is 0.557. The summed E-state index contributed by atoms with van der Waals surface area (Å²) >= 11 is 0. The molecule has 1 amide bonds. The van der Waals surface area contributed by atoms with Gasteiger partial charge in [0.15, 0.2) is 5.54 Å². The summed E-state index contributed by atoms with van der Waals surface area (Å²) in [6, 6.07) is 26.1. The maximum atomic E-state index is 15.0. The van der Waals surface area contributed by atoms with E-state index >= 15 is 4.79 Å². The van der Waals surface area contributed by atoms with E-state index < -0.39 is 22.3 Å². The molecule has 0 N–H and O–H groups in total. The molecule has 1 saturated heterocycles. The Hall–Kier alpha value is -6.11. The van der Waals surface area contributed by atoms with Crippen molar-refractivity contribution in [3.63, 3.8) is 0 Å². The maximum Gasteiger partial charge on any atom is 0.320 e. The van der Waals surface area contributed by atoms with E-state index in [2.05, 4.69) is 88.6 Å². The Labute approximate surface area is 463 Å². The molecule has 78 heavy (non-hydrogen) atoms. The van der Waals surface area contributed by atoms with Crippen LogP contribution in [0.2, 0.25) is 0 Å². The normalized spacial score (nSPS) is 16.8. The lowest BCUT2D eigenvalue weighted by Crippen LogP contribution is -2.49. The van der Waals surface area contributed by atoms with E-state index in [4.69, 9.17) is 28.8 Å². The second kappa shape index (κ2) is 25.3. The van der Waals surface area contributed by atoms with E-state index in [1.165, 1.54) is 0 Å². The van der Waals surface area contributed by atoms with Crippen molar-refractivity contribution in [2.75, 3.05) is 108 Å². The number of amides is 1. The van der Waals surface area contributed by atoms with E-state index in [1.807, 2.05) is 110 Å². The number of carbonyl (C=O) groups is 4. The van der Waals surface area contributed by atoms with Gasteiger partial charge in [0.25, 0.3) is 5.91 Å². The zero-order chi connectivity index (χ0) is 56.6. The van der Waals surface area contributed by atoms with E-state index in [1.54, 1.807) is 5.06 Å². The molecule has 0 unspecified atom stereocenters. The van der Waals surface area contributed by atoms with Gasteiger partial charge >= 0.3 is 17.9 Å². The molecule has 1 fully saturated rings. The summed E-state index contributed by atoms with van der Waals surface area (Å²) in [5.74, 6) is 0.0328. The molecular weight excluding hydrogens is 989 g/mol. The van der Waals surface area contributed by atoms with Crippen LogP contribution in [0.15, 0.2) is 78.9 Å². The third-order valence-electron chi connectivity index (χ3n) is 14.1. The number of ether oxygens (including phenoxy) is 4. The predicted octanol–water partition coefficient (Wildman–Crippen LogP) is 8.51. The number of carbonyl (C=O) groups excluding carboxylic acids is 4. The van der Waals surface area contributed by atoms with Gasteiger partial charge in [0.2, 0.25) is 0 Å². The molecule has 3 aromatic carbocycles. The van der Waals surface area contributed by atoms with Crippen molar-refractivity contribution in [3.05, 3.63) is 113 Å². The van der Waals surface area contributed by atoms with Gasteiger partial charge in [-0.25, -0.2) is 0 Å².